The lowest BCUT2D eigenvalue weighted by molar-refractivity contribution is 0.252. The number of pyridine rings is 2. The molecule has 2 N–H and O–H groups in total. The van der Waals surface area contributed by atoms with Gasteiger partial charge in [0.15, 0.2) is 0 Å². The van der Waals surface area contributed by atoms with Gasteiger partial charge < -0.3 is 5.32 Å². The number of nitrogens with one attached hydrogen (secondary N) is 2. The van der Waals surface area contributed by atoms with Crippen LogP contribution in [0.2, 0.25) is 0 Å². The summed E-state index contributed by atoms with van der Waals surface area (Å²) in [5, 5.41) is 5.29. The van der Waals surface area contributed by atoms with Crippen molar-refractivity contribution in [2.24, 2.45) is 0 Å². The van der Waals surface area contributed by atoms with Crippen LogP contribution in [0.1, 0.15) is 6.92 Å². The average Bonchev–Trinajstić information content (AvgIpc) is 2.28. The molecule has 6 heteroatoms. The van der Waals surface area contributed by atoms with Crippen molar-refractivity contribution in [3.8, 4) is 0 Å². The molecule has 0 radical (unpaired) electrons. The summed E-state index contributed by atoms with van der Waals surface area (Å²) in [7, 11) is 0. The Morgan fingerprint density at radius 3 is 3.00 bits per heavy atom. The molecule has 0 atom stereocenters. The molecule has 2 rings (SSSR count). The van der Waals surface area contributed by atoms with Gasteiger partial charge in [0.1, 0.15) is 5.82 Å². The second-order valence-corrected chi connectivity index (χ2v) is 4.29. The predicted molar refractivity (Wildman–Crippen MR) is 69.9 cm³/mol. The van der Waals surface area contributed by atoms with Gasteiger partial charge in [-0.05, 0) is 41.1 Å². The minimum atomic E-state index is -0.262. The van der Waals surface area contributed by atoms with Gasteiger partial charge in [-0.1, -0.05) is 0 Å². The molecule has 5 nitrogen and oxygen atoms in total. The van der Waals surface area contributed by atoms with Crippen molar-refractivity contribution in [2.75, 3.05) is 11.9 Å². The fraction of sp³-hybridized carbons (Fsp3) is 0.182. The Morgan fingerprint density at radius 2 is 2.24 bits per heavy atom. The number of urea groups is 1. The van der Waals surface area contributed by atoms with Crippen LogP contribution in [0.3, 0.4) is 0 Å². The van der Waals surface area contributed by atoms with Crippen LogP contribution in [0.4, 0.5) is 10.6 Å². The second kappa shape index (κ2) is 5.09. The van der Waals surface area contributed by atoms with E-state index in [0.29, 0.717) is 12.4 Å². The van der Waals surface area contributed by atoms with Gasteiger partial charge in [0.05, 0.1) is 11.0 Å². The lowest BCUT2D eigenvalue weighted by Crippen LogP contribution is -2.28. The smallest absolute Gasteiger partial charge is 0.320 e. The molecule has 0 aliphatic carbocycles. The molecule has 0 spiro atoms. The Bertz CT molecular complexity index is 558. The molecule has 0 bridgehead atoms. The van der Waals surface area contributed by atoms with Gasteiger partial charge in [-0.2, -0.15) is 0 Å². The van der Waals surface area contributed by atoms with Crippen molar-refractivity contribution in [3.63, 3.8) is 0 Å². The fourth-order valence-corrected chi connectivity index (χ4v) is 1.69. The highest BCUT2D eigenvalue weighted by Crippen LogP contribution is 2.17. The molecule has 0 saturated carbocycles. The van der Waals surface area contributed by atoms with Crippen molar-refractivity contribution >= 4 is 38.8 Å². The van der Waals surface area contributed by atoms with E-state index in [1.807, 2.05) is 19.1 Å². The van der Waals surface area contributed by atoms with Crippen LogP contribution in [-0.4, -0.2) is 22.5 Å². The number of hydrogen-bond donors (Lipinski definition) is 2. The topological polar surface area (TPSA) is 66.9 Å². The van der Waals surface area contributed by atoms with E-state index in [0.717, 1.165) is 15.5 Å². The van der Waals surface area contributed by atoms with Gasteiger partial charge in [0, 0.05) is 17.2 Å². The number of carbonyl (C=O) groups is 1. The normalized spacial score (nSPS) is 10.2. The lowest BCUT2D eigenvalue weighted by Gasteiger charge is -2.05. The molecule has 0 fully saturated rings. The number of rotatable bonds is 2. The van der Waals surface area contributed by atoms with Crippen molar-refractivity contribution in [3.05, 3.63) is 28.9 Å². The van der Waals surface area contributed by atoms with E-state index in [-0.39, 0.29) is 6.03 Å². The number of nitrogens with zero attached hydrogens (tertiary/aromatic N) is 2. The maximum atomic E-state index is 11.3. The summed E-state index contributed by atoms with van der Waals surface area (Å²) in [6, 6.07) is 5.13. The summed E-state index contributed by atoms with van der Waals surface area (Å²) in [4.78, 5) is 19.8. The van der Waals surface area contributed by atoms with Crippen LogP contribution in [0.5, 0.6) is 0 Å². The van der Waals surface area contributed by atoms with Gasteiger partial charge in [-0.25, -0.2) is 9.78 Å². The van der Waals surface area contributed by atoms with Crippen molar-refractivity contribution < 1.29 is 4.79 Å². The van der Waals surface area contributed by atoms with Gasteiger partial charge in [0.2, 0.25) is 0 Å². The van der Waals surface area contributed by atoms with Gasteiger partial charge in [0.25, 0.3) is 0 Å². The minimum Gasteiger partial charge on any atom is -0.338 e. The number of anilines is 1. The molecular weight excluding hydrogens is 284 g/mol. The molecule has 0 aromatic carbocycles. The molecule has 0 aliphatic rings. The summed E-state index contributed by atoms with van der Waals surface area (Å²) in [5.41, 5.74) is 1.52. The van der Waals surface area contributed by atoms with E-state index in [2.05, 4.69) is 36.5 Å². The minimum absolute atomic E-state index is 0.262. The molecule has 0 saturated heterocycles. The maximum Gasteiger partial charge on any atom is 0.320 e. The summed E-state index contributed by atoms with van der Waals surface area (Å²) < 4.78 is 0.854. The third-order valence-electron chi connectivity index (χ3n) is 2.08. The second-order valence-electron chi connectivity index (χ2n) is 3.37. The first-order valence-electron chi connectivity index (χ1n) is 5.16. The van der Waals surface area contributed by atoms with Crippen molar-refractivity contribution in [2.45, 2.75) is 6.92 Å². The highest BCUT2D eigenvalue weighted by atomic mass is 79.9. The first-order valence-corrected chi connectivity index (χ1v) is 5.95. The summed E-state index contributed by atoms with van der Waals surface area (Å²) in [5.74, 6) is 0.503. The molecule has 17 heavy (non-hydrogen) atoms. The average molecular weight is 295 g/mol. The van der Waals surface area contributed by atoms with Crippen molar-refractivity contribution in [1.29, 1.82) is 0 Å². The molecular formula is C11H11BrN4O. The first-order chi connectivity index (χ1) is 8.19. The third kappa shape index (κ3) is 2.91. The van der Waals surface area contributed by atoms with E-state index in [1.54, 1.807) is 12.3 Å². The Hall–Kier alpha value is -1.69. The number of aromatic nitrogens is 2. The fourth-order valence-electron chi connectivity index (χ4n) is 1.37. The molecule has 2 amide bonds. The number of fused-ring (bicyclic) bond motifs is 1. The van der Waals surface area contributed by atoms with Gasteiger partial charge in [-0.15, -0.1) is 0 Å². The van der Waals surface area contributed by atoms with Crippen LogP contribution >= 0.6 is 15.9 Å². The Morgan fingerprint density at radius 1 is 1.41 bits per heavy atom. The largest absolute Gasteiger partial charge is 0.338 e. The molecule has 0 unspecified atom stereocenters. The highest BCUT2D eigenvalue weighted by Gasteiger charge is 2.03. The van der Waals surface area contributed by atoms with Crippen molar-refractivity contribution in [1.82, 2.24) is 15.3 Å². The highest BCUT2D eigenvalue weighted by molar-refractivity contribution is 9.10. The zero-order chi connectivity index (χ0) is 12.3. The number of carbonyl (C=O) groups excluding carboxylic acids is 1. The maximum absolute atomic E-state index is 11.3. The number of halogens is 1. The molecule has 88 valence electrons. The Kier molecular flexibility index (Phi) is 3.53. The van der Waals surface area contributed by atoms with E-state index >= 15 is 0 Å². The SMILES string of the molecule is CCNC(=O)Nc1ccc2ncc(Br)cc2n1. The summed E-state index contributed by atoms with van der Waals surface area (Å²) >= 11 is 3.33. The molecule has 2 aromatic rings. The van der Waals surface area contributed by atoms with E-state index in [9.17, 15) is 4.79 Å². The zero-order valence-corrected chi connectivity index (χ0v) is 10.8. The predicted octanol–water partition coefficient (Wildman–Crippen LogP) is 2.53. The van der Waals surface area contributed by atoms with Crippen LogP contribution in [-0.2, 0) is 0 Å². The molecule has 2 heterocycles. The summed E-state index contributed by atoms with van der Waals surface area (Å²) in [6.07, 6.45) is 1.71. The van der Waals surface area contributed by atoms with Crippen LogP contribution in [0.25, 0.3) is 11.0 Å². The van der Waals surface area contributed by atoms with Gasteiger partial charge >= 0.3 is 6.03 Å². The van der Waals surface area contributed by atoms with E-state index in [1.165, 1.54) is 0 Å². The number of hydrogen-bond acceptors (Lipinski definition) is 3. The zero-order valence-electron chi connectivity index (χ0n) is 9.20. The van der Waals surface area contributed by atoms with E-state index in [4.69, 9.17) is 0 Å². The first kappa shape index (κ1) is 11.8. The summed E-state index contributed by atoms with van der Waals surface area (Å²) in [6.45, 7) is 2.43. The third-order valence-corrected chi connectivity index (χ3v) is 2.52. The monoisotopic (exact) mass is 294 g/mol. The molecule has 2 aromatic heterocycles. The van der Waals surface area contributed by atoms with Gasteiger partial charge in [-0.3, -0.25) is 10.3 Å². The van der Waals surface area contributed by atoms with E-state index < -0.39 is 0 Å². The lowest BCUT2D eigenvalue weighted by atomic mass is 10.3. The number of amides is 2. The standard InChI is InChI=1S/C11H11BrN4O/c1-2-13-11(17)16-10-4-3-8-9(15-10)5-7(12)6-14-8/h3-6H,2H2,1H3,(H2,13,15,16,17). The molecule has 0 aliphatic heterocycles. The van der Waals surface area contributed by atoms with Crippen LogP contribution in [0, 0.1) is 0 Å². The Balaban J connectivity index is 2.27. The quantitative estimate of drug-likeness (QED) is 0.894. The van der Waals surface area contributed by atoms with Crippen LogP contribution in [0.15, 0.2) is 28.9 Å². The van der Waals surface area contributed by atoms with Crippen LogP contribution < -0.4 is 10.6 Å². The Labute approximate surface area is 107 Å².